The number of nitrogens with zero attached hydrogens (tertiary/aromatic N) is 2. The number of nitrogens with one attached hydrogen (secondary N) is 1. The minimum atomic E-state index is -0.441. The largest absolute Gasteiger partial charge is 0.391 e. The molecule has 0 saturated carbocycles. The molecule has 4 nitrogen and oxygen atoms in total. The Bertz CT molecular complexity index is 528. The molecule has 0 fully saturated rings. The maximum atomic E-state index is 10.0. The third kappa shape index (κ3) is 4.03. The highest BCUT2D eigenvalue weighted by Crippen LogP contribution is 2.09. The number of anilines is 1. The van der Waals surface area contributed by atoms with Gasteiger partial charge in [0.15, 0.2) is 0 Å². The Morgan fingerprint density at radius 3 is 2.68 bits per heavy atom. The quantitative estimate of drug-likeness (QED) is 0.861. The van der Waals surface area contributed by atoms with Crippen molar-refractivity contribution in [1.82, 2.24) is 9.97 Å². The van der Waals surface area contributed by atoms with E-state index in [1.807, 2.05) is 44.2 Å². The van der Waals surface area contributed by atoms with E-state index in [4.69, 9.17) is 0 Å². The molecule has 100 valence electrons. The van der Waals surface area contributed by atoms with Crippen LogP contribution in [0.25, 0.3) is 0 Å². The summed E-state index contributed by atoms with van der Waals surface area (Å²) in [5.74, 6) is 0.743. The van der Waals surface area contributed by atoms with Crippen LogP contribution in [0.15, 0.2) is 36.5 Å². The first-order valence-electron chi connectivity index (χ1n) is 6.41. The van der Waals surface area contributed by atoms with Crippen molar-refractivity contribution in [1.29, 1.82) is 0 Å². The van der Waals surface area contributed by atoms with Crippen molar-refractivity contribution >= 4 is 5.82 Å². The molecular weight excluding hydrogens is 238 g/mol. The number of aromatic nitrogens is 2. The number of hydrogen-bond donors (Lipinski definition) is 2. The van der Waals surface area contributed by atoms with Crippen molar-refractivity contribution in [3.63, 3.8) is 0 Å². The van der Waals surface area contributed by atoms with E-state index in [2.05, 4.69) is 15.3 Å². The molecular formula is C15H19N3O. The van der Waals surface area contributed by atoms with Crippen LogP contribution in [0.2, 0.25) is 0 Å². The lowest BCUT2D eigenvalue weighted by atomic mass is 10.1. The SMILES string of the molecule is Cc1cnc(C)c(NCC(O)Cc2ccccc2)n1. The first-order chi connectivity index (χ1) is 9.15. The van der Waals surface area contributed by atoms with Crippen molar-refractivity contribution in [3.8, 4) is 0 Å². The molecule has 0 aliphatic heterocycles. The van der Waals surface area contributed by atoms with E-state index in [0.29, 0.717) is 13.0 Å². The molecule has 0 saturated heterocycles. The van der Waals surface area contributed by atoms with Gasteiger partial charge in [0, 0.05) is 19.2 Å². The van der Waals surface area contributed by atoms with Crippen LogP contribution >= 0.6 is 0 Å². The fourth-order valence-electron chi connectivity index (χ4n) is 1.88. The highest BCUT2D eigenvalue weighted by molar-refractivity contribution is 5.39. The van der Waals surface area contributed by atoms with Gasteiger partial charge in [-0.3, -0.25) is 4.98 Å². The standard InChI is InChI=1S/C15H19N3O/c1-11-9-16-12(2)15(18-11)17-10-14(19)8-13-6-4-3-5-7-13/h3-7,9,14,19H,8,10H2,1-2H3,(H,17,18). The van der Waals surface area contributed by atoms with Gasteiger partial charge in [-0.05, 0) is 19.4 Å². The monoisotopic (exact) mass is 257 g/mol. The number of rotatable bonds is 5. The van der Waals surface area contributed by atoms with Crippen molar-refractivity contribution in [2.45, 2.75) is 26.4 Å². The molecule has 0 aliphatic carbocycles. The summed E-state index contributed by atoms with van der Waals surface area (Å²) < 4.78 is 0. The Morgan fingerprint density at radius 1 is 1.21 bits per heavy atom. The number of benzene rings is 1. The number of hydrogen-bond acceptors (Lipinski definition) is 4. The van der Waals surface area contributed by atoms with Crippen LogP contribution in [0.3, 0.4) is 0 Å². The van der Waals surface area contributed by atoms with Gasteiger partial charge < -0.3 is 10.4 Å². The van der Waals surface area contributed by atoms with E-state index in [-0.39, 0.29) is 0 Å². The zero-order valence-corrected chi connectivity index (χ0v) is 11.3. The molecule has 19 heavy (non-hydrogen) atoms. The lowest BCUT2D eigenvalue weighted by Crippen LogP contribution is -2.23. The first-order valence-corrected chi connectivity index (χ1v) is 6.41. The molecule has 1 unspecified atom stereocenters. The number of aryl methyl sites for hydroxylation is 2. The summed E-state index contributed by atoms with van der Waals surface area (Å²) in [5.41, 5.74) is 2.84. The van der Waals surface area contributed by atoms with Gasteiger partial charge in [-0.15, -0.1) is 0 Å². The van der Waals surface area contributed by atoms with E-state index >= 15 is 0 Å². The number of aliphatic hydroxyl groups excluding tert-OH is 1. The molecule has 1 aromatic carbocycles. The fourth-order valence-corrected chi connectivity index (χ4v) is 1.88. The van der Waals surface area contributed by atoms with Gasteiger partial charge in [-0.1, -0.05) is 30.3 Å². The molecule has 2 aromatic rings. The van der Waals surface area contributed by atoms with Crippen LogP contribution in [-0.2, 0) is 6.42 Å². The summed E-state index contributed by atoms with van der Waals surface area (Å²) in [7, 11) is 0. The van der Waals surface area contributed by atoms with Crippen LogP contribution in [-0.4, -0.2) is 27.7 Å². The second kappa shape index (κ2) is 6.29. The van der Waals surface area contributed by atoms with Crippen LogP contribution in [0.5, 0.6) is 0 Å². The van der Waals surface area contributed by atoms with Crippen molar-refractivity contribution in [2.24, 2.45) is 0 Å². The van der Waals surface area contributed by atoms with Gasteiger partial charge in [0.25, 0.3) is 0 Å². The molecule has 1 aromatic heterocycles. The fraction of sp³-hybridized carbons (Fsp3) is 0.333. The molecule has 4 heteroatoms. The minimum absolute atomic E-state index is 0.441. The summed E-state index contributed by atoms with van der Waals surface area (Å²) in [5, 5.41) is 13.2. The molecule has 2 rings (SSSR count). The van der Waals surface area contributed by atoms with Crippen molar-refractivity contribution in [2.75, 3.05) is 11.9 Å². The molecule has 2 N–H and O–H groups in total. The summed E-state index contributed by atoms with van der Waals surface area (Å²) in [6.45, 7) is 4.27. The molecule has 0 aliphatic rings. The van der Waals surface area contributed by atoms with Gasteiger partial charge in [0.05, 0.1) is 17.5 Å². The second-order valence-electron chi connectivity index (χ2n) is 4.67. The van der Waals surface area contributed by atoms with Gasteiger partial charge in [0.2, 0.25) is 0 Å². The Labute approximate surface area is 113 Å². The van der Waals surface area contributed by atoms with Gasteiger partial charge >= 0.3 is 0 Å². The van der Waals surface area contributed by atoms with E-state index in [1.165, 1.54) is 0 Å². The average molecular weight is 257 g/mol. The van der Waals surface area contributed by atoms with Crippen LogP contribution < -0.4 is 5.32 Å². The highest BCUT2D eigenvalue weighted by Gasteiger charge is 2.07. The van der Waals surface area contributed by atoms with E-state index in [9.17, 15) is 5.11 Å². The smallest absolute Gasteiger partial charge is 0.147 e. The Balaban J connectivity index is 1.90. The van der Waals surface area contributed by atoms with Crippen LogP contribution in [0.4, 0.5) is 5.82 Å². The maximum absolute atomic E-state index is 10.0. The van der Waals surface area contributed by atoms with E-state index in [0.717, 1.165) is 22.8 Å². The topological polar surface area (TPSA) is 58.0 Å². The summed E-state index contributed by atoms with van der Waals surface area (Å²) in [6.07, 6.45) is 1.93. The molecule has 0 amide bonds. The third-order valence-corrected chi connectivity index (χ3v) is 2.90. The van der Waals surface area contributed by atoms with Gasteiger partial charge in [-0.25, -0.2) is 4.98 Å². The Hall–Kier alpha value is -1.94. The summed E-state index contributed by atoms with van der Waals surface area (Å²) in [4.78, 5) is 8.60. The lowest BCUT2D eigenvalue weighted by molar-refractivity contribution is 0.188. The predicted molar refractivity (Wildman–Crippen MR) is 76.1 cm³/mol. The third-order valence-electron chi connectivity index (χ3n) is 2.90. The second-order valence-corrected chi connectivity index (χ2v) is 4.67. The van der Waals surface area contributed by atoms with Crippen LogP contribution in [0.1, 0.15) is 17.0 Å². The maximum Gasteiger partial charge on any atom is 0.147 e. The molecule has 1 heterocycles. The van der Waals surface area contributed by atoms with Crippen LogP contribution in [0, 0.1) is 13.8 Å². The normalized spacial score (nSPS) is 12.2. The van der Waals surface area contributed by atoms with Gasteiger partial charge in [-0.2, -0.15) is 0 Å². The summed E-state index contributed by atoms with van der Waals surface area (Å²) >= 11 is 0. The minimum Gasteiger partial charge on any atom is -0.391 e. The molecule has 1 atom stereocenters. The zero-order chi connectivity index (χ0) is 13.7. The zero-order valence-electron chi connectivity index (χ0n) is 11.3. The molecule has 0 bridgehead atoms. The Morgan fingerprint density at radius 2 is 1.95 bits per heavy atom. The lowest BCUT2D eigenvalue weighted by Gasteiger charge is -2.13. The average Bonchev–Trinajstić information content (AvgIpc) is 2.41. The highest BCUT2D eigenvalue weighted by atomic mass is 16.3. The Kier molecular flexibility index (Phi) is 4.47. The molecule has 0 spiro atoms. The van der Waals surface area contributed by atoms with Gasteiger partial charge in [0.1, 0.15) is 5.82 Å². The molecule has 0 radical (unpaired) electrons. The van der Waals surface area contributed by atoms with Crippen molar-refractivity contribution < 1.29 is 5.11 Å². The first kappa shape index (κ1) is 13.5. The van der Waals surface area contributed by atoms with E-state index < -0.39 is 6.10 Å². The predicted octanol–water partition coefficient (Wildman–Crippen LogP) is 2.11. The number of aliphatic hydroxyl groups is 1. The summed E-state index contributed by atoms with van der Waals surface area (Å²) in [6, 6.07) is 9.96. The van der Waals surface area contributed by atoms with E-state index in [1.54, 1.807) is 6.20 Å². The van der Waals surface area contributed by atoms with Crippen molar-refractivity contribution in [3.05, 3.63) is 53.5 Å².